The third kappa shape index (κ3) is 3.34. The number of hydrogen-bond donors (Lipinski definition) is 1. The molecule has 0 aliphatic heterocycles. The van der Waals surface area contributed by atoms with E-state index in [9.17, 15) is 18.8 Å². The van der Waals surface area contributed by atoms with Crippen molar-refractivity contribution in [1.82, 2.24) is 9.97 Å². The SMILES string of the molecule is Cc1sc2nc(/C(C#N)=C/c3ccccc3OC(F)F)[nH]c(=O)c2c1C. The summed E-state index contributed by atoms with van der Waals surface area (Å²) in [6, 6.07) is 8.03. The van der Waals surface area contributed by atoms with Crippen LogP contribution in [0.4, 0.5) is 8.78 Å². The number of thiophene rings is 1. The van der Waals surface area contributed by atoms with E-state index in [-0.39, 0.29) is 28.3 Å². The quantitative estimate of drug-likeness (QED) is 0.693. The highest BCUT2D eigenvalue weighted by atomic mass is 32.1. The van der Waals surface area contributed by atoms with E-state index in [0.717, 1.165) is 10.4 Å². The Balaban J connectivity index is 2.14. The maximum atomic E-state index is 12.5. The summed E-state index contributed by atoms with van der Waals surface area (Å²) in [5.74, 6) is 0.0135. The average molecular weight is 373 g/mol. The Morgan fingerprint density at radius 3 is 2.81 bits per heavy atom. The Kier molecular flexibility index (Phi) is 4.82. The zero-order valence-electron chi connectivity index (χ0n) is 13.8. The molecule has 1 N–H and O–H groups in total. The number of benzene rings is 1. The van der Waals surface area contributed by atoms with Crippen LogP contribution in [0.1, 0.15) is 21.8 Å². The Hall–Kier alpha value is -3.05. The molecule has 2 aromatic heterocycles. The third-order valence-corrected chi connectivity index (χ3v) is 4.95. The predicted molar refractivity (Wildman–Crippen MR) is 96.3 cm³/mol. The van der Waals surface area contributed by atoms with Crippen LogP contribution in [0.25, 0.3) is 21.9 Å². The molecule has 8 heteroatoms. The molecule has 0 spiro atoms. The Labute approximate surface area is 151 Å². The highest BCUT2D eigenvalue weighted by Crippen LogP contribution is 2.28. The first-order valence-corrected chi connectivity index (χ1v) is 8.38. The number of ether oxygens (including phenoxy) is 1. The van der Waals surface area contributed by atoms with Crippen molar-refractivity contribution in [2.24, 2.45) is 0 Å². The summed E-state index contributed by atoms with van der Waals surface area (Å²) in [6.45, 7) is 0.741. The van der Waals surface area contributed by atoms with Crippen LogP contribution >= 0.6 is 11.3 Å². The molecule has 0 radical (unpaired) electrons. The number of para-hydroxylation sites is 1. The number of nitriles is 1. The van der Waals surface area contributed by atoms with Crippen molar-refractivity contribution in [3.63, 3.8) is 0 Å². The average Bonchev–Trinajstić information content (AvgIpc) is 2.88. The molecule has 0 aliphatic rings. The number of aryl methyl sites for hydroxylation is 2. The van der Waals surface area contributed by atoms with Gasteiger partial charge in [-0.25, -0.2) is 4.98 Å². The van der Waals surface area contributed by atoms with Crippen molar-refractivity contribution >= 4 is 33.2 Å². The zero-order valence-corrected chi connectivity index (χ0v) is 14.7. The lowest BCUT2D eigenvalue weighted by molar-refractivity contribution is -0.0499. The first kappa shape index (κ1) is 17.8. The van der Waals surface area contributed by atoms with Crippen LogP contribution in [0.5, 0.6) is 5.75 Å². The Morgan fingerprint density at radius 2 is 2.12 bits per heavy atom. The summed E-state index contributed by atoms with van der Waals surface area (Å²) in [7, 11) is 0. The first-order valence-electron chi connectivity index (χ1n) is 7.56. The number of rotatable bonds is 4. The van der Waals surface area contributed by atoms with Gasteiger partial charge in [0.2, 0.25) is 0 Å². The van der Waals surface area contributed by atoms with Gasteiger partial charge in [-0.15, -0.1) is 11.3 Å². The van der Waals surface area contributed by atoms with Gasteiger partial charge in [0.05, 0.1) is 11.0 Å². The molecular formula is C18H13F2N3O2S. The van der Waals surface area contributed by atoms with Crippen LogP contribution in [0.3, 0.4) is 0 Å². The fourth-order valence-electron chi connectivity index (χ4n) is 2.49. The minimum atomic E-state index is -2.98. The second kappa shape index (κ2) is 7.06. The van der Waals surface area contributed by atoms with E-state index >= 15 is 0 Å². The Morgan fingerprint density at radius 1 is 1.38 bits per heavy atom. The van der Waals surface area contributed by atoms with Crippen LogP contribution in [0.15, 0.2) is 29.1 Å². The van der Waals surface area contributed by atoms with E-state index in [1.54, 1.807) is 12.1 Å². The highest BCUT2D eigenvalue weighted by Gasteiger charge is 2.15. The van der Waals surface area contributed by atoms with Crippen LogP contribution < -0.4 is 10.3 Å². The molecule has 26 heavy (non-hydrogen) atoms. The van der Waals surface area contributed by atoms with Crippen molar-refractivity contribution in [3.8, 4) is 11.8 Å². The minimum absolute atomic E-state index is 0.0398. The lowest BCUT2D eigenvalue weighted by Gasteiger charge is -2.08. The number of halogens is 2. The van der Waals surface area contributed by atoms with Gasteiger partial charge in [-0.2, -0.15) is 14.0 Å². The predicted octanol–water partition coefficient (Wildman–Crippen LogP) is 4.27. The molecule has 0 saturated heterocycles. The first-order chi connectivity index (χ1) is 12.4. The lowest BCUT2D eigenvalue weighted by Crippen LogP contribution is -2.11. The van der Waals surface area contributed by atoms with E-state index < -0.39 is 6.61 Å². The molecule has 132 valence electrons. The molecular weight excluding hydrogens is 360 g/mol. The number of nitrogens with one attached hydrogen (secondary N) is 1. The number of hydrogen-bond acceptors (Lipinski definition) is 5. The standard InChI is InChI=1S/C18H13F2N3O2S/c1-9-10(2)26-17-14(9)16(24)22-15(23-17)12(8-21)7-11-5-3-4-6-13(11)25-18(19)20/h3-7,18H,1-2H3,(H,22,23,24)/b12-7+. The number of allylic oxidation sites excluding steroid dienone is 1. The zero-order chi connectivity index (χ0) is 18.8. The van der Waals surface area contributed by atoms with Gasteiger partial charge in [0.15, 0.2) is 5.82 Å². The number of nitrogens with zero attached hydrogens (tertiary/aromatic N) is 2. The van der Waals surface area contributed by atoms with E-state index in [0.29, 0.717) is 10.2 Å². The van der Waals surface area contributed by atoms with E-state index in [1.807, 2.05) is 19.9 Å². The largest absolute Gasteiger partial charge is 0.434 e. The molecule has 0 bridgehead atoms. The van der Waals surface area contributed by atoms with E-state index in [1.165, 1.54) is 29.5 Å². The Bertz CT molecular complexity index is 1110. The second-order valence-corrected chi connectivity index (χ2v) is 6.67. The molecule has 1 aromatic carbocycles. The van der Waals surface area contributed by atoms with Gasteiger partial charge in [-0.3, -0.25) is 4.79 Å². The summed E-state index contributed by atoms with van der Waals surface area (Å²) in [6.07, 6.45) is 1.36. The summed E-state index contributed by atoms with van der Waals surface area (Å²) in [5.41, 5.74) is 0.831. The van der Waals surface area contributed by atoms with Crippen molar-refractivity contribution < 1.29 is 13.5 Å². The van der Waals surface area contributed by atoms with Gasteiger partial charge >= 0.3 is 6.61 Å². The smallest absolute Gasteiger partial charge is 0.387 e. The van der Waals surface area contributed by atoms with Gasteiger partial charge in [-0.1, -0.05) is 18.2 Å². The van der Waals surface area contributed by atoms with Crippen molar-refractivity contribution in [3.05, 3.63) is 56.4 Å². The number of aromatic nitrogens is 2. The van der Waals surface area contributed by atoms with E-state index in [4.69, 9.17) is 0 Å². The molecule has 0 fully saturated rings. The van der Waals surface area contributed by atoms with Gasteiger partial charge in [0.25, 0.3) is 5.56 Å². The molecule has 0 aliphatic carbocycles. The molecule has 5 nitrogen and oxygen atoms in total. The summed E-state index contributed by atoms with van der Waals surface area (Å²) >= 11 is 1.36. The maximum Gasteiger partial charge on any atom is 0.387 e. The van der Waals surface area contributed by atoms with Crippen LogP contribution in [0, 0.1) is 25.2 Å². The molecule has 0 atom stereocenters. The van der Waals surface area contributed by atoms with Crippen LogP contribution in [-0.2, 0) is 0 Å². The molecule has 0 unspecified atom stereocenters. The normalized spacial score (nSPS) is 11.8. The highest BCUT2D eigenvalue weighted by molar-refractivity contribution is 7.18. The topological polar surface area (TPSA) is 78.8 Å². The minimum Gasteiger partial charge on any atom is -0.434 e. The maximum absolute atomic E-state index is 12.5. The van der Waals surface area contributed by atoms with Crippen molar-refractivity contribution in [2.45, 2.75) is 20.5 Å². The van der Waals surface area contributed by atoms with Crippen molar-refractivity contribution in [1.29, 1.82) is 5.26 Å². The van der Waals surface area contributed by atoms with Gasteiger partial charge < -0.3 is 9.72 Å². The van der Waals surface area contributed by atoms with Gasteiger partial charge in [0.1, 0.15) is 16.6 Å². The summed E-state index contributed by atoms with van der Waals surface area (Å²) in [4.78, 5) is 20.8. The van der Waals surface area contributed by atoms with Gasteiger partial charge in [-0.05, 0) is 31.6 Å². The van der Waals surface area contributed by atoms with Crippen molar-refractivity contribution in [2.75, 3.05) is 0 Å². The number of alkyl halides is 2. The summed E-state index contributed by atoms with van der Waals surface area (Å²) < 4.78 is 29.5. The second-order valence-electron chi connectivity index (χ2n) is 5.46. The summed E-state index contributed by atoms with van der Waals surface area (Å²) in [5, 5.41) is 9.97. The molecule has 0 amide bonds. The van der Waals surface area contributed by atoms with Crippen LogP contribution in [0.2, 0.25) is 0 Å². The fourth-order valence-corrected chi connectivity index (χ4v) is 3.52. The molecule has 3 rings (SSSR count). The number of fused-ring (bicyclic) bond motifs is 1. The molecule has 3 aromatic rings. The van der Waals surface area contributed by atoms with E-state index in [2.05, 4.69) is 14.7 Å². The number of H-pyrrole nitrogens is 1. The molecule has 0 saturated carbocycles. The van der Waals surface area contributed by atoms with Crippen LogP contribution in [-0.4, -0.2) is 16.6 Å². The fraction of sp³-hybridized carbons (Fsp3) is 0.167. The van der Waals surface area contributed by atoms with Gasteiger partial charge in [0, 0.05) is 10.4 Å². The monoisotopic (exact) mass is 373 g/mol. The number of aromatic amines is 1. The lowest BCUT2D eigenvalue weighted by atomic mass is 10.1. The molecule has 2 heterocycles. The third-order valence-electron chi connectivity index (χ3n) is 3.85.